The van der Waals surface area contributed by atoms with Crippen LogP contribution in [0.2, 0.25) is 0 Å². The number of carbonyl (C=O) groups excluding carboxylic acids is 1. The van der Waals surface area contributed by atoms with E-state index in [-0.39, 0.29) is 5.91 Å². The molecule has 1 aromatic carbocycles. The monoisotopic (exact) mass is 345 g/mol. The van der Waals surface area contributed by atoms with Gasteiger partial charge in [-0.3, -0.25) is 4.79 Å². The third-order valence-electron chi connectivity index (χ3n) is 4.36. The summed E-state index contributed by atoms with van der Waals surface area (Å²) in [6, 6.07) is 10.5. The van der Waals surface area contributed by atoms with Crippen LogP contribution in [0.3, 0.4) is 0 Å². The van der Waals surface area contributed by atoms with Crippen molar-refractivity contribution in [3.8, 4) is 0 Å². The molecule has 4 heteroatoms. The molecule has 3 aromatic rings. The molecule has 0 saturated heterocycles. The van der Waals surface area contributed by atoms with Gasteiger partial charge in [0.2, 0.25) is 5.91 Å². The second kappa shape index (κ2) is 7.40. The number of anilines is 1. The van der Waals surface area contributed by atoms with Crippen LogP contribution in [-0.4, -0.2) is 15.5 Å². The lowest BCUT2D eigenvalue weighted by Crippen LogP contribution is -2.07. The van der Waals surface area contributed by atoms with Gasteiger partial charge in [0.15, 0.2) is 0 Å². The second-order valence-electron chi connectivity index (χ2n) is 6.64. The molecular weight excluding hydrogens is 322 g/mol. The SMILES string of the molecule is C=CC(=O)Nc1cnc2c(c1)c(/C=C/c1ccc(C(C)C)cc1)cn2C. The lowest BCUT2D eigenvalue weighted by molar-refractivity contribution is -0.111. The van der Waals surface area contributed by atoms with Gasteiger partial charge in [0.05, 0.1) is 11.9 Å². The van der Waals surface area contributed by atoms with Crippen molar-refractivity contribution in [2.24, 2.45) is 7.05 Å². The topological polar surface area (TPSA) is 46.9 Å². The average Bonchev–Trinajstić information content (AvgIpc) is 2.95. The summed E-state index contributed by atoms with van der Waals surface area (Å²) in [6.45, 7) is 7.86. The lowest BCUT2D eigenvalue weighted by Gasteiger charge is -2.04. The number of nitrogens with one attached hydrogen (secondary N) is 1. The van der Waals surface area contributed by atoms with Crippen LogP contribution in [0.25, 0.3) is 23.2 Å². The highest BCUT2D eigenvalue weighted by atomic mass is 16.1. The molecule has 2 heterocycles. The van der Waals surface area contributed by atoms with Gasteiger partial charge in [0.25, 0.3) is 0 Å². The molecule has 132 valence electrons. The van der Waals surface area contributed by atoms with Crippen LogP contribution in [0.4, 0.5) is 5.69 Å². The first-order valence-corrected chi connectivity index (χ1v) is 8.64. The quantitative estimate of drug-likeness (QED) is 0.662. The number of aromatic nitrogens is 2. The molecule has 0 spiro atoms. The van der Waals surface area contributed by atoms with Crippen LogP contribution in [0, 0.1) is 0 Å². The Balaban J connectivity index is 1.92. The standard InChI is InChI=1S/C22H23N3O/c1-5-21(26)24-19-12-20-18(14-25(4)22(20)23-13-19)11-8-16-6-9-17(10-7-16)15(2)3/h5-15H,1H2,2-4H3,(H,24,26)/b11-8+. The number of aryl methyl sites for hydroxylation is 1. The van der Waals surface area contributed by atoms with Crippen molar-refractivity contribution < 1.29 is 4.79 Å². The van der Waals surface area contributed by atoms with Gasteiger partial charge < -0.3 is 9.88 Å². The third kappa shape index (κ3) is 3.75. The molecule has 2 aromatic heterocycles. The van der Waals surface area contributed by atoms with Crippen molar-refractivity contribution in [3.63, 3.8) is 0 Å². The van der Waals surface area contributed by atoms with E-state index >= 15 is 0 Å². The summed E-state index contributed by atoms with van der Waals surface area (Å²) in [7, 11) is 1.96. The zero-order chi connectivity index (χ0) is 18.7. The van der Waals surface area contributed by atoms with Gasteiger partial charge in [-0.25, -0.2) is 4.98 Å². The summed E-state index contributed by atoms with van der Waals surface area (Å²) >= 11 is 0. The first-order chi connectivity index (χ1) is 12.5. The first-order valence-electron chi connectivity index (χ1n) is 8.64. The number of carbonyl (C=O) groups is 1. The van der Waals surface area contributed by atoms with Crippen LogP contribution >= 0.6 is 0 Å². The molecule has 1 amide bonds. The molecule has 0 saturated carbocycles. The van der Waals surface area contributed by atoms with Crippen molar-refractivity contribution >= 4 is 34.8 Å². The van der Waals surface area contributed by atoms with Crippen molar-refractivity contribution in [3.05, 3.63) is 72.1 Å². The predicted molar refractivity (Wildman–Crippen MR) is 109 cm³/mol. The fourth-order valence-electron chi connectivity index (χ4n) is 2.86. The van der Waals surface area contributed by atoms with Crippen molar-refractivity contribution in [2.45, 2.75) is 19.8 Å². The summed E-state index contributed by atoms with van der Waals surface area (Å²) < 4.78 is 1.98. The lowest BCUT2D eigenvalue weighted by atomic mass is 10.0. The maximum atomic E-state index is 11.5. The maximum absolute atomic E-state index is 11.5. The number of hydrogen-bond acceptors (Lipinski definition) is 2. The van der Waals surface area contributed by atoms with Crippen LogP contribution < -0.4 is 5.32 Å². The molecule has 1 N–H and O–H groups in total. The normalized spacial score (nSPS) is 11.4. The molecule has 4 nitrogen and oxygen atoms in total. The number of amides is 1. The molecule has 26 heavy (non-hydrogen) atoms. The van der Waals surface area contributed by atoms with Crippen LogP contribution in [-0.2, 0) is 11.8 Å². The number of fused-ring (bicyclic) bond motifs is 1. The van der Waals surface area contributed by atoms with E-state index in [9.17, 15) is 4.79 Å². The minimum Gasteiger partial charge on any atom is -0.335 e. The number of nitrogens with zero attached hydrogens (tertiary/aromatic N) is 2. The van der Waals surface area contributed by atoms with Gasteiger partial charge in [-0.05, 0) is 29.2 Å². The van der Waals surface area contributed by atoms with Crippen molar-refractivity contribution in [1.82, 2.24) is 9.55 Å². The Kier molecular flexibility index (Phi) is 5.03. The largest absolute Gasteiger partial charge is 0.335 e. The molecule has 0 aliphatic rings. The van der Waals surface area contributed by atoms with Gasteiger partial charge in [-0.2, -0.15) is 0 Å². The molecule has 0 atom stereocenters. The van der Waals surface area contributed by atoms with Crippen LogP contribution in [0.5, 0.6) is 0 Å². The Bertz CT molecular complexity index is 979. The third-order valence-corrected chi connectivity index (χ3v) is 4.36. The highest BCUT2D eigenvalue weighted by Crippen LogP contribution is 2.24. The zero-order valence-electron chi connectivity index (χ0n) is 15.4. The van der Waals surface area contributed by atoms with E-state index in [0.29, 0.717) is 11.6 Å². The van der Waals surface area contributed by atoms with E-state index < -0.39 is 0 Å². The summed E-state index contributed by atoms with van der Waals surface area (Å²) in [6.07, 6.45) is 9.11. The Morgan fingerprint density at radius 2 is 1.96 bits per heavy atom. The highest BCUT2D eigenvalue weighted by molar-refractivity contribution is 6.00. The summed E-state index contributed by atoms with van der Waals surface area (Å²) in [5.41, 5.74) is 5.06. The fraction of sp³-hybridized carbons (Fsp3) is 0.182. The molecule has 0 aliphatic carbocycles. The predicted octanol–water partition coefficient (Wildman–Crippen LogP) is 4.99. The minimum absolute atomic E-state index is 0.246. The highest BCUT2D eigenvalue weighted by Gasteiger charge is 2.08. The van der Waals surface area contributed by atoms with Gasteiger partial charge in [-0.15, -0.1) is 0 Å². The first kappa shape index (κ1) is 17.7. The second-order valence-corrected chi connectivity index (χ2v) is 6.64. The van der Waals surface area contributed by atoms with E-state index in [1.165, 1.54) is 11.6 Å². The average molecular weight is 345 g/mol. The number of benzene rings is 1. The fourth-order valence-corrected chi connectivity index (χ4v) is 2.86. The summed E-state index contributed by atoms with van der Waals surface area (Å²) in [5, 5.41) is 3.75. The summed E-state index contributed by atoms with van der Waals surface area (Å²) in [5.74, 6) is 0.283. The van der Waals surface area contributed by atoms with Crippen molar-refractivity contribution in [2.75, 3.05) is 5.32 Å². The van der Waals surface area contributed by atoms with Crippen LogP contribution in [0.15, 0.2) is 55.4 Å². The minimum atomic E-state index is -0.246. The van der Waals surface area contributed by atoms with E-state index in [2.05, 4.69) is 67.1 Å². The number of rotatable bonds is 5. The molecule has 0 radical (unpaired) electrons. The van der Waals surface area contributed by atoms with Gasteiger partial charge >= 0.3 is 0 Å². The van der Waals surface area contributed by atoms with Gasteiger partial charge in [0.1, 0.15) is 5.65 Å². The zero-order valence-corrected chi connectivity index (χ0v) is 15.4. The Morgan fingerprint density at radius 1 is 1.23 bits per heavy atom. The maximum Gasteiger partial charge on any atom is 0.247 e. The molecule has 0 unspecified atom stereocenters. The van der Waals surface area contributed by atoms with Gasteiger partial charge in [-0.1, -0.05) is 56.8 Å². The van der Waals surface area contributed by atoms with E-state index in [1.807, 2.05) is 23.9 Å². The molecule has 0 bridgehead atoms. The molecule has 0 fully saturated rings. The number of pyridine rings is 1. The summed E-state index contributed by atoms with van der Waals surface area (Å²) in [4.78, 5) is 16.0. The molecule has 3 rings (SSSR count). The smallest absolute Gasteiger partial charge is 0.247 e. The van der Waals surface area contributed by atoms with E-state index in [0.717, 1.165) is 22.2 Å². The van der Waals surface area contributed by atoms with Gasteiger partial charge in [0, 0.05) is 24.2 Å². The Morgan fingerprint density at radius 3 is 2.62 bits per heavy atom. The van der Waals surface area contributed by atoms with Crippen LogP contribution in [0.1, 0.15) is 36.5 Å². The van der Waals surface area contributed by atoms with E-state index in [4.69, 9.17) is 0 Å². The molecular formula is C22H23N3O. The van der Waals surface area contributed by atoms with Crippen molar-refractivity contribution in [1.29, 1.82) is 0 Å². The van der Waals surface area contributed by atoms with E-state index in [1.54, 1.807) is 6.20 Å². The molecule has 0 aliphatic heterocycles. The Labute approximate surface area is 153 Å². The number of hydrogen-bond donors (Lipinski definition) is 1. The Hall–Kier alpha value is -3.14.